The average Bonchev–Trinajstić information content (AvgIpc) is 3.23. The molecule has 60 heavy (non-hydrogen) atoms. The smallest absolute Gasteiger partial charge is 0.472 e. The molecule has 0 spiro atoms. The Morgan fingerprint density at radius 2 is 0.967 bits per heavy atom. The van der Waals surface area contributed by atoms with Gasteiger partial charge < -0.3 is 25.2 Å². The Labute approximate surface area is 367 Å². The third-order valence-electron chi connectivity index (χ3n) is 10.4. The molecule has 11 heteroatoms. The van der Waals surface area contributed by atoms with Crippen molar-refractivity contribution in [1.29, 1.82) is 0 Å². The highest BCUT2D eigenvalue weighted by Gasteiger charge is 2.27. The van der Waals surface area contributed by atoms with Crippen molar-refractivity contribution in [2.24, 2.45) is 5.73 Å². The normalized spacial score (nSPS) is 14.2. The maximum absolute atomic E-state index is 12.6. The van der Waals surface area contributed by atoms with Crippen LogP contribution in [0.3, 0.4) is 0 Å². The average molecular weight is 868 g/mol. The van der Waals surface area contributed by atoms with Crippen molar-refractivity contribution in [3.63, 3.8) is 0 Å². The highest BCUT2D eigenvalue weighted by Crippen LogP contribution is 2.43. The van der Waals surface area contributed by atoms with Crippen molar-refractivity contribution in [1.82, 2.24) is 0 Å². The van der Waals surface area contributed by atoms with E-state index in [2.05, 4.69) is 62.5 Å². The second kappa shape index (κ2) is 45.0. The second-order valence-electron chi connectivity index (χ2n) is 16.2. The van der Waals surface area contributed by atoms with Gasteiger partial charge in [-0.1, -0.05) is 204 Å². The van der Waals surface area contributed by atoms with Crippen LogP contribution in [0.15, 0.2) is 48.6 Å². The number of carbonyl (C=O) groups is 2. The summed E-state index contributed by atoms with van der Waals surface area (Å²) >= 11 is 0. The number of ether oxygens (including phenoxy) is 2. The molecule has 0 aromatic carbocycles. The minimum Gasteiger partial charge on any atom is -0.480 e. The van der Waals surface area contributed by atoms with Gasteiger partial charge >= 0.3 is 19.8 Å². The largest absolute Gasteiger partial charge is 0.480 e. The van der Waals surface area contributed by atoms with Gasteiger partial charge in [-0.15, -0.1) is 0 Å². The molecule has 0 fully saturated rings. The lowest BCUT2D eigenvalue weighted by Crippen LogP contribution is -2.34. The van der Waals surface area contributed by atoms with Crippen LogP contribution in [0.1, 0.15) is 213 Å². The predicted molar refractivity (Wildman–Crippen MR) is 249 cm³/mol. The maximum Gasteiger partial charge on any atom is 0.472 e. The van der Waals surface area contributed by atoms with Crippen LogP contribution in [-0.2, 0) is 32.7 Å². The molecule has 0 aliphatic carbocycles. The van der Waals surface area contributed by atoms with E-state index in [1.165, 1.54) is 128 Å². The van der Waals surface area contributed by atoms with Gasteiger partial charge in [-0.25, -0.2) is 4.57 Å². The summed E-state index contributed by atoms with van der Waals surface area (Å²) in [6.45, 7) is 3.74. The molecule has 0 heterocycles. The highest BCUT2D eigenvalue weighted by atomic mass is 31.2. The fourth-order valence-electron chi connectivity index (χ4n) is 6.65. The molecule has 0 aliphatic heterocycles. The van der Waals surface area contributed by atoms with Crippen molar-refractivity contribution in [3.05, 3.63) is 48.6 Å². The Hall–Kier alpha value is -2.07. The van der Waals surface area contributed by atoms with Crippen LogP contribution < -0.4 is 5.73 Å². The molecule has 0 saturated heterocycles. The summed E-state index contributed by atoms with van der Waals surface area (Å²) in [6.07, 6.45) is 53.3. The summed E-state index contributed by atoms with van der Waals surface area (Å²) in [4.78, 5) is 33.6. The number of carbonyl (C=O) groups excluding carboxylic acids is 1. The van der Waals surface area contributed by atoms with E-state index in [1.807, 2.05) is 0 Å². The molecule has 3 atom stereocenters. The van der Waals surface area contributed by atoms with E-state index in [1.54, 1.807) is 0 Å². The number of hydrogen-bond acceptors (Lipinski definition) is 8. The van der Waals surface area contributed by atoms with Gasteiger partial charge in [-0.05, 0) is 51.4 Å². The van der Waals surface area contributed by atoms with E-state index in [4.69, 9.17) is 29.4 Å². The van der Waals surface area contributed by atoms with E-state index in [9.17, 15) is 19.0 Å². The molecule has 0 aliphatic rings. The Morgan fingerprint density at radius 3 is 1.42 bits per heavy atom. The number of hydrogen-bond donors (Lipinski definition) is 3. The van der Waals surface area contributed by atoms with Crippen molar-refractivity contribution in [2.75, 3.05) is 26.4 Å². The first-order valence-electron chi connectivity index (χ1n) is 24.2. The summed E-state index contributed by atoms with van der Waals surface area (Å²) in [5, 5.41) is 8.91. The topological polar surface area (TPSA) is 155 Å². The summed E-state index contributed by atoms with van der Waals surface area (Å²) < 4.78 is 33.4. The zero-order valence-corrected chi connectivity index (χ0v) is 39.2. The summed E-state index contributed by atoms with van der Waals surface area (Å²) in [6, 6.07) is -1.48. The number of phosphoric ester groups is 1. The van der Waals surface area contributed by atoms with Crippen LogP contribution in [0.25, 0.3) is 0 Å². The minimum atomic E-state index is -4.63. The summed E-state index contributed by atoms with van der Waals surface area (Å²) in [5.74, 6) is -1.82. The molecule has 0 rings (SSSR count). The maximum atomic E-state index is 12.6. The molecule has 350 valence electrons. The number of esters is 1. The first-order valence-corrected chi connectivity index (χ1v) is 25.7. The van der Waals surface area contributed by atoms with Gasteiger partial charge in [0.05, 0.1) is 19.8 Å². The van der Waals surface area contributed by atoms with Gasteiger partial charge in [0.25, 0.3) is 0 Å². The molecule has 0 radical (unpaired) electrons. The van der Waals surface area contributed by atoms with Crippen LogP contribution in [0.4, 0.5) is 0 Å². The number of aliphatic carboxylic acids is 1. The first kappa shape index (κ1) is 57.9. The monoisotopic (exact) mass is 868 g/mol. The standard InChI is InChI=1S/C49H90NO9P/c1-3-5-7-9-11-13-15-17-19-20-21-22-23-24-25-26-28-30-32-34-36-38-40-42-56-43-46(44-57-60(54,55)58-45-47(50)49(52)53)59-48(51)41-39-37-35-33-31-29-27-18-16-14-12-10-8-6-4-2/h6,8,12,14,18,27,31,33,46-47H,3-5,7,9-11,13,15-17,19-26,28-30,32,34-45,50H2,1-2H3,(H,52,53)(H,54,55)/b8-6-,14-12-,27-18-,33-31-. The fourth-order valence-corrected chi connectivity index (χ4v) is 7.43. The van der Waals surface area contributed by atoms with E-state index in [0.717, 1.165) is 57.8 Å². The van der Waals surface area contributed by atoms with Crippen LogP contribution in [0, 0.1) is 0 Å². The fraction of sp³-hybridized carbons (Fsp3) is 0.796. The Bertz CT molecular complexity index is 1140. The molecule has 0 amide bonds. The number of carboxylic acid groups (broad SMARTS) is 1. The Balaban J connectivity index is 4.15. The first-order chi connectivity index (χ1) is 29.2. The lowest BCUT2D eigenvalue weighted by Gasteiger charge is -2.20. The highest BCUT2D eigenvalue weighted by molar-refractivity contribution is 7.47. The summed E-state index contributed by atoms with van der Waals surface area (Å²) in [7, 11) is -4.63. The molecule has 0 saturated carbocycles. The van der Waals surface area contributed by atoms with Gasteiger partial charge in [-0.2, -0.15) is 0 Å². The van der Waals surface area contributed by atoms with E-state index < -0.39 is 45.1 Å². The van der Waals surface area contributed by atoms with Gasteiger partial charge in [0, 0.05) is 13.0 Å². The molecule has 0 aromatic rings. The van der Waals surface area contributed by atoms with Crippen LogP contribution in [0.5, 0.6) is 0 Å². The number of nitrogens with two attached hydrogens (primary N) is 1. The zero-order chi connectivity index (χ0) is 44.0. The second-order valence-corrected chi connectivity index (χ2v) is 17.7. The van der Waals surface area contributed by atoms with E-state index >= 15 is 0 Å². The van der Waals surface area contributed by atoms with Crippen molar-refractivity contribution in [2.45, 2.75) is 225 Å². The lowest BCUT2D eigenvalue weighted by molar-refractivity contribution is -0.154. The number of carboxylic acids is 1. The number of rotatable bonds is 46. The van der Waals surface area contributed by atoms with E-state index in [-0.39, 0.29) is 13.0 Å². The lowest BCUT2D eigenvalue weighted by atomic mass is 10.0. The van der Waals surface area contributed by atoms with Crippen LogP contribution >= 0.6 is 7.82 Å². The molecule has 10 nitrogen and oxygen atoms in total. The summed E-state index contributed by atoms with van der Waals surface area (Å²) in [5.41, 5.74) is 5.36. The third-order valence-corrected chi connectivity index (χ3v) is 11.3. The minimum absolute atomic E-state index is 0.00163. The van der Waals surface area contributed by atoms with Crippen molar-refractivity contribution in [3.8, 4) is 0 Å². The van der Waals surface area contributed by atoms with Gasteiger partial charge in [0.1, 0.15) is 12.1 Å². The zero-order valence-electron chi connectivity index (χ0n) is 38.3. The van der Waals surface area contributed by atoms with Crippen molar-refractivity contribution < 1.29 is 42.7 Å². The molecule has 4 N–H and O–H groups in total. The third kappa shape index (κ3) is 44.0. The van der Waals surface area contributed by atoms with Gasteiger partial charge in [0.2, 0.25) is 0 Å². The van der Waals surface area contributed by atoms with E-state index in [0.29, 0.717) is 13.0 Å². The SMILES string of the molecule is CC/C=C\C/C=C\C/C=C\C/C=C\CCCCC(=O)OC(COCCCCCCCCCCCCCCCCCCCCCCCCC)COP(=O)(O)OCC(N)C(=O)O. The number of unbranched alkanes of at least 4 members (excludes halogenated alkanes) is 24. The number of phosphoric acid groups is 1. The van der Waals surface area contributed by atoms with Crippen LogP contribution in [-0.4, -0.2) is 60.5 Å². The number of allylic oxidation sites excluding steroid dienone is 8. The quantitative estimate of drug-likeness (QED) is 0.0233. The molecule has 0 aromatic heterocycles. The van der Waals surface area contributed by atoms with Gasteiger partial charge in [-0.3, -0.25) is 18.6 Å². The Kier molecular flexibility index (Phi) is 43.4. The Morgan fingerprint density at radius 1 is 0.550 bits per heavy atom. The molecule has 3 unspecified atom stereocenters. The molecular formula is C49H90NO9P. The van der Waals surface area contributed by atoms with Crippen LogP contribution in [0.2, 0.25) is 0 Å². The van der Waals surface area contributed by atoms with Crippen molar-refractivity contribution >= 4 is 19.8 Å². The predicted octanol–water partition coefficient (Wildman–Crippen LogP) is 13.8. The molecular weight excluding hydrogens is 778 g/mol. The van der Waals surface area contributed by atoms with Gasteiger partial charge in [0.15, 0.2) is 0 Å². The molecule has 0 bridgehead atoms.